The molecule has 0 bridgehead atoms. The Bertz CT molecular complexity index is 1170. The molecule has 8 heteroatoms. The fourth-order valence-electron chi connectivity index (χ4n) is 4.05. The molecule has 1 fully saturated rings. The van der Waals surface area contributed by atoms with Gasteiger partial charge in [0.2, 0.25) is 0 Å². The van der Waals surface area contributed by atoms with Crippen LogP contribution in [0.5, 0.6) is 0 Å². The number of hydrogen-bond acceptors (Lipinski definition) is 6. The third-order valence-electron chi connectivity index (χ3n) is 5.63. The second-order valence-electron chi connectivity index (χ2n) is 7.55. The Morgan fingerprint density at radius 1 is 1.17 bits per heavy atom. The van der Waals surface area contributed by atoms with E-state index in [4.69, 9.17) is 5.73 Å². The number of ketones is 1. The van der Waals surface area contributed by atoms with Crippen LogP contribution in [0.25, 0.3) is 0 Å². The lowest BCUT2D eigenvalue weighted by atomic mass is 10.1. The van der Waals surface area contributed by atoms with Gasteiger partial charge in [0.1, 0.15) is 11.4 Å². The van der Waals surface area contributed by atoms with Crippen molar-refractivity contribution in [2.24, 2.45) is 7.05 Å². The Balaban J connectivity index is 1.67. The highest BCUT2D eigenvalue weighted by Gasteiger charge is 2.30. The van der Waals surface area contributed by atoms with Gasteiger partial charge in [-0.2, -0.15) is 0 Å². The zero-order valence-electron chi connectivity index (χ0n) is 16.8. The molecule has 0 aliphatic carbocycles. The van der Waals surface area contributed by atoms with Crippen LogP contribution in [0.1, 0.15) is 39.7 Å². The minimum absolute atomic E-state index is 0.0659. The summed E-state index contributed by atoms with van der Waals surface area (Å²) in [7, 11) is 1.38. The number of nitrogen functional groups attached to an aromatic ring is 1. The van der Waals surface area contributed by atoms with Gasteiger partial charge < -0.3 is 5.73 Å². The van der Waals surface area contributed by atoms with E-state index in [0.717, 1.165) is 29.5 Å². The summed E-state index contributed by atoms with van der Waals surface area (Å²) in [6.45, 7) is 1.09. The Hall–Kier alpha value is -2.97. The van der Waals surface area contributed by atoms with Gasteiger partial charge >= 0.3 is 5.69 Å². The van der Waals surface area contributed by atoms with Crippen molar-refractivity contribution in [2.45, 2.75) is 25.4 Å². The van der Waals surface area contributed by atoms with E-state index in [2.05, 4.69) is 11.0 Å². The van der Waals surface area contributed by atoms with E-state index in [1.165, 1.54) is 16.5 Å². The van der Waals surface area contributed by atoms with E-state index >= 15 is 0 Å². The zero-order valence-corrected chi connectivity index (χ0v) is 17.6. The highest BCUT2D eigenvalue weighted by molar-refractivity contribution is 7.10. The van der Waals surface area contributed by atoms with Crippen molar-refractivity contribution in [1.29, 1.82) is 0 Å². The average molecular weight is 425 g/mol. The number of aromatic nitrogens is 2. The number of carbonyl (C=O) groups is 1. The molecule has 1 aliphatic heterocycles. The summed E-state index contributed by atoms with van der Waals surface area (Å²) < 4.78 is 2.26. The Kier molecular flexibility index (Phi) is 5.69. The average Bonchev–Trinajstić information content (AvgIpc) is 3.42. The summed E-state index contributed by atoms with van der Waals surface area (Å²) in [4.78, 5) is 41.9. The van der Waals surface area contributed by atoms with Gasteiger partial charge in [-0.15, -0.1) is 11.3 Å². The van der Waals surface area contributed by atoms with E-state index in [1.807, 2.05) is 41.8 Å². The fourth-order valence-corrected chi connectivity index (χ4v) is 4.94. The molecule has 0 saturated carbocycles. The first-order valence-electron chi connectivity index (χ1n) is 9.91. The number of hydrogen-bond donors (Lipinski definition) is 1. The van der Waals surface area contributed by atoms with Crippen molar-refractivity contribution >= 4 is 22.9 Å². The molecule has 0 radical (unpaired) electrons. The highest BCUT2D eigenvalue weighted by Crippen LogP contribution is 2.34. The molecule has 2 N–H and O–H groups in total. The summed E-state index contributed by atoms with van der Waals surface area (Å²) in [5, 5.41) is 2.03. The predicted molar refractivity (Wildman–Crippen MR) is 118 cm³/mol. The lowest BCUT2D eigenvalue weighted by Gasteiger charge is -2.23. The smallest absolute Gasteiger partial charge is 0.332 e. The van der Waals surface area contributed by atoms with Gasteiger partial charge in [-0.25, -0.2) is 4.79 Å². The second kappa shape index (κ2) is 8.41. The van der Waals surface area contributed by atoms with Crippen LogP contribution in [0.15, 0.2) is 57.4 Å². The predicted octanol–water partition coefficient (Wildman–Crippen LogP) is 2.26. The fraction of sp³-hybridized carbons (Fsp3) is 0.318. The third kappa shape index (κ3) is 3.76. The molecule has 3 heterocycles. The molecule has 156 valence electrons. The van der Waals surface area contributed by atoms with E-state index < -0.39 is 11.2 Å². The summed E-state index contributed by atoms with van der Waals surface area (Å²) >= 11 is 1.67. The lowest BCUT2D eigenvalue weighted by Crippen LogP contribution is -2.44. The molecule has 0 amide bonds. The minimum atomic E-state index is -0.640. The molecule has 1 aromatic carbocycles. The van der Waals surface area contributed by atoms with Gasteiger partial charge in [-0.05, 0) is 36.4 Å². The molecule has 3 aromatic rings. The van der Waals surface area contributed by atoms with E-state index in [-0.39, 0.29) is 36.3 Å². The van der Waals surface area contributed by atoms with Gasteiger partial charge in [0.15, 0.2) is 5.78 Å². The molecule has 4 rings (SSSR count). The van der Waals surface area contributed by atoms with Crippen LogP contribution >= 0.6 is 11.3 Å². The molecule has 1 saturated heterocycles. The molecule has 2 aromatic heterocycles. The Labute approximate surface area is 178 Å². The summed E-state index contributed by atoms with van der Waals surface area (Å²) in [5.41, 5.74) is 5.80. The Morgan fingerprint density at radius 3 is 2.63 bits per heavy atom. The highest BCUT2D eigenvalue weighted by atomic mass is 32.1. The summed E-state index contributed by atoms with van der Waals surface area (Å²) in [6, 6.07) is 13.6. The number of Topliss-reactive ketones (excluding diaryl/α,β-unsaturated/α-hetero) is 1. The standard InChI is InChI=1S/C22H24N4O3S/c1-24-21(28)19(20(23)26(22(24)29)13-15-7-3-2-4-8-15)17(27)14-25-11-5-9-16(25)18-10-6-12-30-18/h2-4,6-8,10,12,16H,5,9,11,13-14,23H2,1H3. The maximum atomic E-state index is 13.2. The van der Waals surface area contributed by atoms with Gasteiger partial charge in [0.25, 0.3) is 5.56 Å². The van der Waals surface area contributed by atoms with E-state index in [0.29, 0.717) is 0 Å². The first-order valence-corrected chi connectivity index (χ1v) is 10.8. The largest absolute Gasteiger partial charge is 0.384 e. The van der Waals surface area contributed by atoms with Gasteiger partial charge in [0.05, 0.1) is 13.1 Å². The van der Waals surface area contributed by atoms with Crippen LogP contribution in [0.4, 0.5) is 5.82 Å². The number of nitrogens with zero attached hydrogens (tertiary/aromatic N) is 3. The van der Waals surface area contributed by atoms with Crippen LogP contribution in [-0.2, 0) is 13.6 Å². The number of thiophene rings is 1. The number of carbonyl (C=O) groups excluding carboxylic acids is 1. The first-order chi connectivity index (χ1) is 14.5. The Morgan fingerprint density at radius 2 is 1.93 bits per heavy atom. The zero-order chi connectivity index (χ0) is 21.3. The number of rotatable bonds is 6. The topological polar surface area (TPSA) is 90.3 Å². The number of benzene rings is 1. The van der Waals surface area contributed by atoms with Gasteiger partial charge in [0, 0.05) is 18.0 Å². The van der Waals surface area contributed by atoms with Crippen LogP contribution in [-0.4, -0.2) is 32.9 Å². The molecular weight excluding hydrogens is 400 g/mol. The molecule has 30 heavy (non-hydrogen) atoms. The maximum Gasteiger partial charge on any atom is 0.332 e. The van der Waals surface area contributed by atoms with Crippen molar-refractivity contribution in [3.8, 4) is 0 Å². The van der Waals surface area contributed by atoms with Crippen LogP contribution in [0.2, 0.25) is 0 Å². The lowest BCUT2D eigenvalue weighted by molar-refractivity contribution is 0.0920. The molecule has 1 aliphatic rings. The first kappa shape index (κ1) is 20.3. The normalized spacial score (nSPS) is 16.8. The SMILES string of the molecule is Cn1c(=O)c(C(=O)CN2CCCC2c2cccs2)c(N)n(Cc2ccccc2)c1=O. The second-order valence-corrected chi connectivity index (χ2v) is 8.53. The number of nitrogens with two attached hydrogens (primary N) is 1. The van der Waals surface area contributed by atoms with Crippen molar-refractivity contribution in [3.63, 3.8) is 0 Å². The summed E-state index contributed by atoms with van der Waals surface area (Å²) in [5.74, 6) is -0.415. The monoisotopic (exact) mass is 424 g/mol. The molecule has 0 spiro atoms. The van der Waals surface area contributed by atoms with Crippen molar-refractivity contribution in [3.05, 3.63) is 84.7 Å². The maximum absolute atomic E-state index is 13.2. The van der Waals surface area contributed by atoms with Gasteiger partial charge in [-0.3, -0.25) is 23.6 Å². The molecular formula is C22H24N4O3S. The molecule has 7 nitrogen and oxygen atoms in total. The van der Waals surface area contributed by atoms with Gasteiger partial charge in [-0.1, -0.05) is 36.4 Å². The van der Waals surface area contributed by atoms with Crippen molar-refractivity contribution in [1.82, 2.24) is 14.0 Å². The summed E-state index contributed by atoms with van der Waals surface area (Å²) in [6.07, 6.45) is 1.98. The van der Waals surface area contributed by atoms with Crippen molar-refractivity contribution < 1.29 is 4.79 Å². The quantitative estimate of drug-likeness (QED) is 0.613. The van der Waals surface area contributed by atoms with E-state index in [9.17, 15) is 14.4 Å². The van der Waals surface area contributed by atoms with Crippen LogP contribution in [0.3, 0.4) is 0 Å². The number of anilines is 1. The minimum Gasteiger partial charge on any atom is -0.384 e. The van der Waals surface area contributed by atoms with E-state index in [1.54, 1.807) is 11.3 Å². The third-order valence-corrected chi connectivity index (χ3v) is 6.60. The van der Waals surface area contributed by atoms with Crippen LogP contribution < -0.4 is 17.0 Å². The molecule has 1 unspecified atom stereocenters. The number of likely N-dealkylation sites (tertiary alicyclic amines) is 1. The van der Waals surface area contributed by atoms with Crippen molar-refractivity contribution in [2.75, 3.05) is 18.8 Å². The van der Waals surface area contributed by atoms with Crippen LogP contribution in [0, 0.1) is 0 Å². The molecule has 1 atom stereocenters.